The van der Waals surface area contributed by atoms with Gasteiger partial charge in [0.25, 0.3) is 0 Å². The molecule has 0 bridgehead atoms. The summed E-state index contributed by atoms with van der Waals surface area (Å²) in [4.78, 5) is 12.9. The summed E-state index contributed by atoms with van der Waals surface area (Å²) >= 11 is 0. The van der Waals surface area contributed by atoms with Crippen LogP contribution in [-0.2, 0) is 4.74 Å². The molecule has 1 saturated heterocycles. The highest BCUT2D eigenvalue weighted by Gasteiger charge is 2.15. The monoisotopic (exact) mass is 216 g/mol. The second kappa shape index (κ2) is 6.63. The van der Waals surface area contributed by atoms with E-state index >= 15 is 0 Å². The molecular weight excluding hydrogens is 196 g/mol. The van der Waals surface area contributed by atoms with Gasteiger partial charge in [0.1, 0.15) is 0 Å². The van der Waals surface area contributed by atoms with Crippen molar-refractivity contribution in [1.29, 1.82) is 0 Å². The fraction of sp³-hybridized carbons (Fsp3) is 0.900. The molecule has 0 aromatic carbocycles. The van der Waals surface area contributed by atoms with Gasteiger partial charge in [0.15, 0.2) is 0 Å². The smallest absolute Gasteiger partial charge is 0.317 e. The molecular formula is C10H20N2O3. The fourth-order valence-corrected chi connectivity index (χ4v) is 1.57. The van der Waals surface area contributed by atoms with Crippen LogP contribution in [-0.4, -0.2) is 56.0 Å². The van der Waals surface area contributed by atoms with Crippen LogP contribution in [0.4, 0.5) is 4.79 Å². The van der Waals surface area contributed by atoms with Gasteiger partial charge in [-0.05, 0) is 18.8 Å². The van der Waals surface area contributed by atoms with Crippen LogP contribution in [0, 0.1) is 5.92 Å². The largest absolute Gasteiger partial charge is 0.395 e. The van der Waals surface area contributed by atoms with Crippen molar-refractivity contribution >= 4 is 6.03 Å². The minimum Gasteiger partial charge on any atom is -0.395 e. The highest BCUT2D eigenvalue weighted by molar-refractivity contribution is 5.73. The van der Waals surface area contributed by atoms with Crippen LogP contribution in [0.5, 0.6) is 0 Å². The van der Waals surface area contributed by atoms with E-state index in [4.69, 9.17) is 9.84 Å². The maximum atomic E-state index is 11.4. The van der Waals surface area contributed by atoms with Crippen molar-refractivity contribution in [2.24, 2.45) is 5.92 Å². The lowest BCUT2D eigenvalue weighted by molar-refractivity contribution is 0.0664. The van der Waals surface area contributed by atoms with Crippen molar-refractivity contribution in [3.8, 4) is 0 Å². The van der Waals surface area contributed by atoms with Gasteiger partial charge in [-0.15, -0.1) is 0 Å². The van der Waals surface area contributed by atoms with Crippen molar-refractivity contribution in [1.82, 2.24) is 10.2 Å². The van der Waals surface area contributed by atoms with Crippen LogP contribution in [0.1, 0.15) is 12.8 Å². The number of hydrogen-bond donors (Lipinski definition) is 2. The molecule has 0 saturated carbocycles. The molecule has 0 aromatic heterocycles. The van der Waals surface area contributed by atoms with E-state index in [1.165, 1.54) is 4.90 Å². The minimum atomic E-state index is -0.115. The average molecular weight is 216 g/mol. The van der Waals surface area contributed by atoms with Crippen LogP contribution >= 0.6 is 0 Å². The molecule has 2 N–H and O–H groups in total. The predicted octanol–water partition coefficient (Wildman–Crippen LogP) is 0.0467. The summed E-state index contributed by atoms with van der Waals surface area (Å²) in [6, 6.07) is -0.115. The number of likely N-dealkylation sites (N-methyl/N-ethyl adjacent to an activating group) is 1. The molecule has 0 atom stereocenters. The molecule has 0 unspecified atom stereocenters. The Morgan fingerprint density at radius 3 is 2.80 bits per heavy atom. The number of nitrogens with zero attached hydrogens (tertiary/aromatic N) is 1. The van der Waals surface area contributed by atoms with Gasteiger partial charge in [-0.2, -0.15) is 0 Å². The Morgan fingerprint density at radius 2 is 2.20 bits per heavy atom. The zero-order chi connectivity index (χ0) is 11.1. The second-order valence-corrected chi connectivity index (χ2v) is 3.89. The zero-order valence-electron chi connectivity index (χ0n) is 9.24. The van der Waals surface area contributed by atoms with E-state index in [2.05, 4.69) is 5.32 Å². The third-order valence-corrected chi connectivity index (χ3v) is 2.66. The van der Waals surface area contributed by atoms with Gasteiger partial charge >= 0.3 is 6.03 Å². The topological polar surface area (TPSA) is 61.8 Å². The first-order valence-electron chi connectivity index (χ1n) is 5.41. The average Bonchev–Trinajstić information content (AvgIpc) is 2.27. The standard InChI is InChI=1S/C10H20N2O3/c1-12(4-5-13)10(14)11-8-9-2-6-15-7-3-9/h9,13H,2-8H2,1H3,(H,11,14). The molecule has 1 fully saturated rings. The van der Waals surface area contributed by atoms with Crippen molar-refractivity contribution < 1.29 is 14.6 Å². The highest BCUT2D eigenvalue weighted by atomic mass is 16.5. The highest BCUT2D eigenvalue weighted by Crippen LogP contribution is 2.13. The van der Waals surface area contributed by atoms with Crippen LogP contribution in [0.25, 0.3) is 0 Å². The number of carbonyl (C=O) groups excluding carboxylic acids is 1. The molecule has 88 valence electrons. The SMILES string of the molecule is CN(CCO)C(=O)NCC1CCOCC1. The van der Waals surface area contributed by atoms with Gasteiger partial charge in [-0.25, -0.2) is 4.79 Å². The molecule has 15 heavy (non-hydrogen) atoms. The van der Waals surface area contributed by atoms with Crippen molar-refractivity contribution in [2.45, 2.75) is 12.8 Å². The molecule has 1 rings (SSSR count). The molecule has 0 aromatic rings. The number of rotatable bonds is 4. The maximum absolute atomic E-state index is 11.4. The first-order chi connectivity index (χ1) is 7.24. The lowest BCUT2D eigenvalue weighted by Gasteiger charge is -2.24. The van der Waals surface area contributed by atoms with Gasteiger partial charge in [0, 0.05) is 33.4 Å². The third kappa shape index (κ3) is 4.48. The number of ether oxygens (including phenoxy) is 1. The van der Waals surface area contributed by atoms with Crippen LogP contribution in [0.2, 0.25) is 0 Å². The maximum Gasteiger partial charge on any atom is 0.317 e. The minimum absolute atomic E-state index is 0.00118. The summed E-state index contributed by atoms with van der Waals surface area (Å²) in [5.74, 6) is 0.533. The Hall–Kier alpha value is -0.810. The summed E-state index contributed by atoms with van der Waals surface area (Å²) in [6.07, 6.45) is 2.04. The van der Waals surface area contributed by atoms with Crippen molar-refractivity contribution in [3.63, 3.8) is 0 Å². The summed E-state index contributed by atoms with van der Waals surface area (Å²) in [5.41, 5.74) is 0. The lowest BCUT2D eigenvalue weighted by atomic mass is 10.0. The first-order valence-corrected chi connectivity index (χ1v) is 5.41. The van der Waals surface area contributed by atoms with Gasteiger partial charge in [0.05, 0.1) is 6.61 Å². The molecule has 2 amide bonds. The quantitative estimate of drug-likeness (QED) is 0.698. The number of hydrogen-bond acceptors (Lipinski definition) is 3. The number of aliphatic hydroxyl groups excluding tert-OH is 1. The number of amides is 2. The van der Waals surface area contributed by atoms with Gasteiger partial charge in [0.2, 0.25) is 0 Å². The van der Waals surface area contributed by atoms with Gasteiger partial charge in [-0.3, -0.25) is 0 Å². The summed E-state index contributed by atoms with van der Waals surface area (Å²) in [7, 11) is 1.68. The normalized spacial score (nSPS) is 17.5. The van der Waals surface area contributed by atoms with E-state index in [-0.39, 0.29) is 12.6 Å². The van der Waals surface area contributed by atoms with E-state index in [9.17, 15) is 4.79 Å². The predicted molar refractivity (Wildman–Crippen MR) is 56.7 cm³/mol. The second-order valence-electron chi connectivity index (χ2n) is 3.89. The fourth-order valence-electron chi connectivity index (χ4n) is 1.57. The van der Waals surface area contributed by atoms with E-state index in [1.807, 2.05) is 0 Å². The van der Waals surface area contributed by atoms with Crippen LogP contribution in [0.3, 0.4) is 0 Å². The Balaban J connectivity index is 2.14. The summed E-state index contributed by atoms with van der Waals surface area (Å²) in [5, 5.41) is 11.5. The number of carbonyl (C=O) groups is 1. The van der Waals surface area contributed by atoms with E-state index in [0.717, 1.165) is 26.1 Å². The molecule has 1 aliphatic rings. The summed E-state index contributed by atoms with van der Waals surface area (Å²) < 4.78 is 5.24. The van der Waals surface area contributed by atoms with Crippen molar-refractivity contribution in [2.75, 3.05) is 40.0 Å². The van der Waals surface area contributed by atoms with E-state index in [0.29, 0.717) is 19.0 Å². The Labute approximate surface area is 90.4 Å². The van der Waals surface area contributed by atoms with Crippen molar-refractivity contribution in [3.05, 3.63) is 0 Å². The number of nitrogens with one attached hydrogen (secondary N) is 1. The lowest BCUT2D eigenvalue weighted by Crippen LogP contribution is -2.41. The molecule has 5 heteroatoms. The first kappa shape index (κ1) is 12.3. The third-order valence-electron chi connectivity index (χ3n) is 2.66. The Bertz CT molecular complexity index is 193. The Kier molecular flexibility index (Phi) is 5.42. The molecule has 1 aliphatic heterocycles. The van der Waals surface area contributed by atoms with E-state index in [1.54, 1.807) is 7.05 Å². The molecule has 0 aliphatic carbocycles. The molecule has 5 nitrogen and oxygen atoms in total. The van der Waals surface area contributed by atoms with Gasteiger partial charge < -0.3 is 20.1 Å². The van der Waals surface area contributed by atoms with Crippen LogP contribution < -0.4 is 5.32 Å². The number of urea groups is 1. The Morgan fingerprint density at radius 1 is 1.53 bits per heavy atom. The molecule has 0 spiro atoms. The van der Waals surface area contributed by atoms with Crippen LogP contribution in [0.15, 0.2) is 0 Å². The summed E-state index contributed by atoms with van der Waals surface area (Å²) in [6.45, 7) is 2.68. The van der Waals surface area contributed by atoms with Gasteiger partial charge in [-0.1, -0.05) is 0 Å². The van der Waals surface area contributed by atoms with E-state index < -0.39 is 0 Å². The number of aliphatic hydroxyl groups is 1. The molecule has 1 heterocycles. The molecule has 0 radical (unpaired) electrons. The zero-order valence-corrected chi connectivity index (χ0v) is 9.24.